The van der Waals surface area contributed by atoms with E-state index in [1.54, 1.807) is 31.2 Å². The molecule has 2 bridgehead atoms. The van der Waals surface area contributed by atoms with E-state index in [1.807, 2.05) is 51.1 Å². The quantitative estimate of drug-likeness (QED) is 0.477. The number of esters is 1. The van der Waals surface area contributed by atoms with Crippen LogP contribution in [-0.4, -0.2) is 41.2 Å². The van der Waals surface area contributed by atoms with Crippen LogP contribution in [0.5, 0.6) is 0 Å². The van der Waals surface area contributed by atoms with E-state index in [0.717, 1.165) is 5.56 Å². The van der Waals surface area contributed by atoms with Crippen molar-refractivity contribution in [3.8, 4) is 0 Å². The lowest BCUT2D eigenvalue weighted by Gasteiger charge is -2.49. The van der Waals surface area contributed by atoms with Gasteiger partial charge in [0.15, 0.2) is 0 Å². The van der Waals surface area contributed by atoms with Gasteiger partial charge in [0, 0.05) is 18.0 Å². The second-order valence-electron chi connectivity index (χ2n) is 10.2. The number of carbonyl (C=O) groups is 4. The molecule has 4 rings (SSSR count). The molecule has 3 unspecified atom stereocenters. The number of rotatable bonds is 7. The predicted molar refractivity (Wildman–Crippen MR) is 131 cm³/mol. The van der Waals surface area contributed by atoms with Crippen LogP contribution in [0.25, 0.3) is 0 Å². The molecule has 35 heavy (non-hydrogen) atoms. The Kier molecular flexibility index (Phi) is 6.54. The Balaban J connectivity index is 1.64. The first-order valence-electron chi connectivity index (χ1n) is 12.1. The molecule has 2 aliphatic rings. The van der Waals surface area contributed by atoms with Gasteiger partial charge in [0.1, 0.15) is 6.04 Å². The van der Waals surface area contributed by atoms with Gasteiger partial charge in [0.25, 0.3) is 0 Å². The molecule has 7 heteroatoms. The van der Waals surface area contributed by atoms with Crippen molar-refractivity contribution in [2.75, 3.05) is 11.9 Å². The molecule has 0 radical (unpaired) electrons. The highest BCUT2D eigenvalue weighted by Crippen LogP contribution is 2.60. The van der Waals surface area contributed by atoms with E-state index in [4.69, 9.17) is 4.74 Å². The highest BCUT2D eigenvalue weighted by molar-refractivity contribution is 6.09. The highest BCUT2D eigenvalue weighted by Gasteiger charge is 2.65. The van der Waals surface area contributed by atoms with Crippen molar-refractivity contribution in [1.29, 1.82) is 0 Å². The molecule has 3 amide bonds. The lowest BCUT2D eigenvalue weighted by molar-refractivity contribution is -0.172. The molecule has 1 aliphatic carbocycles. The number of hydrogen-bond acceptors (Lipinski definition) is 5. The van der Waals surface area contributed by atoms with Crippen molar-refractivity contribution < 1.29 is 23.9 Å². The Morgan fingerprint density at radius 3 is 2.34 bits per heavy atom. The zero-order chi connectivity index (χ0) is 25.4. The molecular weight excluding hydrogens is 444 g/mol. The zero-order valence-electron chi connectivity index (χ0n) is 20.7. The average molecular weight is 477 g/mol. The summed E-state index contributed by atoms with van der Waals surface area (Å²) < 4.78 is 5.00. The molecule has 2 aromatic carbocycles. The summed E-state index contributed by atoms with van der Waals surface area (Å²) >= 11 is 0. The largest absolute Gasteiger partial charge is 0.462 e. The summed E-state index contributed by atoms with van der Waals surface area (Å²) in [4.78, 5) is 54.1. The van der Waals surface area contributed by atoms with E-state index >= 15 is 0 Å². The van der Waals surface area contributed by atoms with E-state index in [9.17, 15) is 19.2 Å². The molecule has 1 saturated carbocycles. The van der Waals surface area contributed by atoms with E-state index in [-0.39, 0.29) is 30.8 Å². The summed E-state index contributed by atoms with van der Waals surface area (Å²) in [6.07, 6.45) is 1.48. The molecular formula is C28H32N2O5. The van der Waals surface area contributed by atoms with Gasteiger partial charge in [-0.25, -0.2) is 4.79 Å². The first kappa shape index (κ1) is 24.6. The Hall–Kier alpha value is -3.48. The number of likely N-dealkylation sites (tertiary alicyclic amines) is 1. The van der Waals surface area contributed by atoms with Gasteiger partial charge in [-0.15, -0.1) is 0 Å². The monoisotopic (exact) mass is 476 g/mol. The fraction of sp³-hybridized carbons (Fsp3) is 0.429. The van der Waals surface area contributed by atoms with Crippen molar-refractivity contribution in [3.63, 3.8) is 0 Å². The number of hydrogen-bond donors (Lipinski definition) is 1. The fourth-order valence-corrected chi connectivity index (χ4v) is 5.41. The molecule has 1 N–H and O–H groups in total. The normalized spacial score (nSPS) is 23.7. The van der Waals surface area contributed by atoms with Gasteiger partial charge in [-0.1, -0.05) is 51.1 Å². The van der Waals surface area contributed by atoms with Gasteiger partial charge >= 0.3 is 5.97 Å². The van der Waals surface area contributed by atoms with Gasteiger partial charge in [-0.3, -0.25) is 19.3 Å². The summed E-state index contributed by atoms with van der Waals surface area (Å²) in [5.74, 6) is -1.75. The molecule has 184 valence electrons. The fourth-order valence-electron chi connectivity index (χ4n) is 5.41. The number of nitrogens with zero attached hydrogens (tertiary/aromatic N) is 1. The first-order chi connectivity index (χ1) is 16.6. The van der Waals surface area contributed by atoms with Crippen molar-refractivity contribution in [2.24, 2.45) is 16.7 Å². The molecule has 2 aromatic rings. The Labute approximate surface area is 205 Å². The smallest absolute Gasteiger partial charge is 0.338 e. The summed E-state index contributed by atoms with van der Waals surface area (Å²) in [5, 5.41) is 2.84. The minimum atomic E-state index is -0.988. The SMILES string of the molecule is CCOC(=O)c1ccc(NC(=O)C(Cc2ccccc2)N2C(=O)C3CCC(C)(C2=O)C3(C)C)cc1. The third-order valence-corrected chi connectivity index (χ3v) is 8.00. The van der Waals surface area contributed by atoms with E-state index in [1.165, 1.54) is 4.90 Å². The van der Waals surface area contributed by atoms with Crippen LogP contribution in [0.3, 0.4) is 0 Å². The summed E-state index contributed by atoms with van der Waals surface area (Å²) in [5.41, 5.74) is 0.524. The van der Waals surface area contributed by atoms with E-state index in [0.29, 0.717) is 24.1 Å². The zero-order valence-corrected chi connectivity index (χ0v) is 20.7. The van der Waals surface area contributed by atoms with Crippen LogP contribution >= 0.6 is 0 Å². The van der Waals surface area contributed by atoms with Gasteiger partial charge in [-0.05, 0) is 55.0 Å². The molecule has 0 aromatic heterocycles. The standard InChI is InChI=1S/C28H32N2O5/c1-5-35-25(33)19-11-13-20(14-12-19)29-23(31)22(17-18-9-7-6-8-10-18)30-24(32)21-15-16-28(4,26(30)34)27(21,2)3/h6-14,21-22H,5,15-17H2,1-4H3,(H,29,31). The number of ether oxygens (including phenoxy) is 1. The average Bonchev–Trinajstić information content (AvgIpc) is 3.02. The summed E-state index contributed by atoms with van der Waals surface area (Å²) in [6, 6.07) is 14.7. The van der Waals surface area contributed by atoms with Crippen molar-refractivity contribution in [2.45, 2.75) is 53.0 Å². The van der Waals surface area contributed by atoms with Crippen LogP contribution in [0.1, 0.15) is 56.5 Å². The Bertz CT molecular complexity index is 1140. The van der Waals surface area contributed by atoms with Crippen LogP contribution < -0.4 is 5.32 Å². The van der Waals surface area contributed by atoms with Gasteiger partial charge in [-0.2, -0.15) is 0 Å². The third kappa shape index (κ3) is 4.24. The molecule has 7 nitrogen and oxygen atoms in total. The molecule has 3 atom stereocenters. The maximum Gasteiger partial charge on any atom is 0.338 e. The van der Waals surface area contributed by atoms with Crippen molar-refractivity contribution in [1.82, 2.24) is 4.90 Å². The van der Waals surface area contributed by atoms with Crippen LogP contribution in [0, 0.1) is 16.7 Å². The number of carbonyl (C=O) groups excluding carboxylic acids is 4. The third-order valence-electron chi connectivity index (χ3n) is 8.00. The maximum atomic E-state index is 13.8. The Morgan fingerprint density at radius 1 is 1.06 bits per heavy atom. The highest BCUT2D eigenvalue weighted by atomic mass is 16.5. The number of imide groups is 1. The Morgan fingerprint density at radius 2 is 1.71 bits per heavy atom. The number of fused-ring (bicyclic) bond motifs is 2. The molecule has 1 aliphatic heterocycles. The first-order valence-corrected chi connectivity index (χ1v) is 12.1. The van der Waals surface area contributed by atoms with Crippen LogP contribution in [0.15, 0.2) is 54.6 Å². The second kappa shape index (κ2) is 9.29. The summed E-state index contributed by atoms with van der Waals surface area (Å²) in [6.45, 7) is 7.88. The number of amides is 3. The van der Waals surface area contributed by atoms with E-state index < -0.39 is 28.7 Å². The second-order valence-corrected chi connectivity index (χ2v) is 10.2. The van der Waals surface area contributed by atoms with Gasteiger partial charge in [0.05, 0.1) is 17.6 Å². The number of anilines is 1. The molecule has 0 spiro atoms. The minimum absolute atomic E-state index is 0.217. The molecule has 1 heterocycles. The molecule has 1 saturated heterocycles. The lowest BCUT2D eigenvalue weighted by Crippen LogP contribution is -2.64. The number of piperidine rings is 1. The van der Waals surface area contributed by atoms with Crippen LogP contribution in [0.4, 0.5) is 5.69 Å². The number of benzene rings is 2. The molecule has 2 fully saturated rings. The van der Waals surface area contributed by atoms with Crippen LogP contribution in [-0.2, 0) is 25.5 Å². The van der Waals surface area contributed by atoms with Gasteiger partial charge in [0.2, 0.25) is 17.7 Å². The summed E-state index contributed by atoms with van der Waals surface area (Å²) in [7, 11) is 0. The number of nitrogens with one attached hydrogen (secondary N) is 1. The van der Waals surface area contributed by atoms with Crippen molar-refractivity contribution >= 4 is 29.4 Å². The van der Waals surface area contributed by atoms with E-state index in [2.05, 4.69) is 5.32 Å². The minimum Gasteiger partial charge on any atom is -0.462 e. The predicted octanol–water partition coefficient (Wildman–Crippen LogP) is 4.22. The maximum absolute atomic E-state index is 13.8. The van der Waals surface area contributed by atoms with Crippen LogP contribution in [0.2, 0.25) is 0 Å². The van der Waals surface area contributed by atoms with Gasteiger partial charge < -0.3 is 10.1 Å². The van der Waals surface area contributed by atoms with Crippen molar-refractivity contribution in [3.05, 3.63) is 65.7 Å². The topological polar surface area (TPSA) is 92.8 Å². The lowest BCUT2D eigenvalue weighted by atomic mass is 9.62.